The summed E-state index contributed by atoms with van der Waals surface area (Å²) in [6, 6.07) is 5.42. The van der Waals surface area contributed by atoms with Gasteiger partial charge in [0.25, 0.3) is 5.56 Å². The fraction of sp³-hybridized carbons (Fsp3) is 0.312. The number of nitrogens with zero attached hydrogens (tertiary/aromatic N) is 4. The molecular weight excluding hydrogens is 324 g/mol. The number of hydrogen-bond acceptors (Lipinski definition) is 6. The van der Waals surface area contributed by atoms with Crippen molar-refractivity contribution >= 4 is 22.8 Å². The van der Waals surface area contributed by atoms with Crippen molar-refractivity contribution in [2.24, 2.45) is 0 Å². The van der Waals surface area contributed by atoms with Gasteiger partial charge in [0, 0.05) is 24.7 Å². The van der Waals surface area contributed by atoms with Crippen LogP contribution in [0.1, 0.15) is 19.8 Å². The summed E-state index contributed by atoms with van der Waals surface area (Å²) in [4.78, 5) is 32.8. The van der Waals surface area contributed by atoms with Crippen LogP contribution in [-0.4, -0.2) is 44.4 Å². The van der Waals surface area contributed by atoms with Gasteiger partial charge < -0.3 is 14.6 Å². The van der Waals surface area contributed by atoms with E-state index in [-0.39, 0.29) is 22.6 Å². The molecule has 0 radical (unpaired) electrons. The molecule has 1 saturated heterocycles. The Balaban J connectivity index is 1.82. The monoisotopic (exact) mass is 340 g/mol. The molecule has 25 heavy (non-hydrogen) atoms. The largest absolute Gasteiger partial charge is 0.493 e. The maximum absolute atomic E-state index is 12.1. The number of nitrogens with one attached hydrogen (secondary N) is 2. The van der Waals surface area contributed by atoms with E-state index in [0.29, 0.717) is 36.7 Å². The zero-order chi connectivity index (χ0) is 17.4. The number of aromatic nitrogens is 5. The maximum Gasteiger partial charge on any atom is 0.281 e. The number of rotatable bonds is 4. The lowest BCUT2D eigenvalue weighted by Crippen LogP contribution is -2.23. The van der Waals surface area contributed by atoms with E-state index in [1.165, 1.54) is 0 Å². The second-order valence-corrected chi connectivity index (χ2v) is 5.67. The highest BCUT2D eigenvalue weighted by atomic mass is 16.5. The van der Waals surface area contributed by atoms with Crippen molar-refractivity contribution in [2.75, 3.05) is 18.1 Å². The topological polar surface area (TPSA) is 117 Å². The van der Waals surface area contributed by atoms with Crippen molar-refractivity contribution in [1.29, 1.82) is 0 Å². The van der Waals surface area contributed by atoms with E-state index in [1.807, 2.05) is 13.0 Å². The standard InChI is InChI=1S/C16H16N6O3/c1-2-25-11-8-9(22-7-3-4-12(22)23)5-6-10(11)14-17-15-13(16(24)18-14)19-21-20-15/h5-6,8H,2-4,7H2,1H3,(H2,17,18,19,20,21,24). The van der Waals surface area contributed by atoms with Crippen LogP contribution in [0.3, 0.4) is 0 Å². The number of ether oxygens (including phenoxy) is 1. The lowest BCUT2D eigenvalue weighted by molar-refractivity contribution is -0.117. The van der Waals surface area contributed by atoms with Crippen molar-refractivity contribution in [3.8, 4) is 17.1 Å². The van der Waals surface area contributed by atoms with Crippen LogP contribution in [0, 0.1) is 0 Å². The van der Waals surface area contributed by atoms with Crippen LogP contribution in [0.25, 0.3) is 22.6 Å². The zero-order valence-corrected chi connectivity index (χ0v) is 13.6. The van der Waals surface area contributed by atoms with Crippen LogP contribution < -0.4 is 15.2 Å². The average molecular weight is 340 g/mol. The van der Waals surface area contributed by atoms with Gasteiger partial charge in [0.05, 0.1) is 12.2 Å². The Morgan fingerprint density at radius 1 is 1.28 bits per heavy atom. The molecule has 0 bridgehead atoms. The highest BCUT2D eigenvalue weighted by molar-refractivity contribution is 5.96. The fourth-order valence-electron chi connectivity index (χ4n) is 2.95. The van der Waals surface area contributed by atoms with Gasteiger partial charge in [-0.05, 0) is 25.5 Å². The van der Waals surface area contributed by atoms with E-state index in [9.17, 15) is 9.59 Å². The van der Waals surface area contributed by atoms with Crippen LogP contribution in [0.2, 0.25) is 0 Å². The van der Waals surface area contributed by atoms with Crippen LogP contribution >= 0.6 is 0 Å². The Morgan fingerprint density at radius 3 is 2.92 bits per heavy atom. The third-order valence-corrected chi connectivity index (χ3v) is 4.10. The molecule has 0 saturated carbocycles. The SMILES string of the molecule is CCOc1cc(N2CCCC2=O)ccc1-c1nc2n[nH]nc2c(=O)[nH]1. The summed E-state index contributed by atoms with van der Waals surface area (Å²) in [6.07, 6.45) is 1.41. The normalized spacial score (nSPS) is 14.4. The summed E-state index contributed by atoms with van der Waals surface area (Å²) < 4.78 is 5.72. The third-order valence-electron chi connectivity index (χ3n) is 4.10. The van der Waals surface area contributed by atoms with Gasteiger partial charge in [-0.15, -0.1) is 10.2 Å². The van der Waals surface area contributed by atoms with Gasteiger partial charge in [-0.1, -0.05) is 0 Å². The second-order valence-electron chi connectivity index (χ2n) is 5.67. The van der Waals surface area contributed by atoms with Crippen LogP contribution in [-0.2, 0) is 4.79 Å². The number of anilines is 1. The van der Waals surface area contributed by atoms with E-state index in [4.69, 9.17) is 4.74 Å². The van der Waals surface area contributed by atoms with E-state index < -0.39 is 0 Å². The molecule has 9 heteroatoms. The lowest BCUT2D eigenvalue weighted by Gasteiger charge is -2.18. The first-order valence-electron chi connectivity index (χ1n) is 8.05. The molecule has 0 atom stereocenters. The summed E-state index contributed by atoms with van der Waals surface area (Å²) in [7, 11) is 0. The summed E-state index contributed by atoms with van der Waals surface area (Å²) in [6.45, 7) is 3.01. The molecule has 2 N–H and O–H groups in total. The molecule has 0 spiro atoms. The van der Waals surface area contributed by atoms with E-state index >= 15 is 0 Å². The number of carbonyl (C=O) groups is 1. The molecule has 9 nitrogen and oxygen atoms in total. The molecular formula is C16H16N6O3. The fourth-order valence-corrected chi connectivity index (χ4v) is 2.95. The van der Waals surface area contributed by atoms with Crippen molar-refractivity contribution < 1.29 is 9.53 Å². The summed E-state index contributed by atoms with van der Waals surface area (Å²) >= 11 is 0. The zero-order valence-electron chi connectivity index (χ0n) is 13.6. The molecule has 1 aliphatic heterocycles. The minimum absolute atomic E-state index is 0.103. The molecule has 4 rings (SSSR count). The highest BCUT2D eigenvalue weighted by Gasteiger charge is 2.23. The molecule has 1 aliphatic rings. The van der Waals surface area contributed by atoms with Gasteiger partial charge in [-0.2, -0.15) is 5.21 Å². The lowest BCUT2D eigenvalue weighted by atomic mass is 10.1. The summed E-state index contributed by atoms with van der Waals surface area (Å²) in [5.74, 6) is 0.991. The first-order valence-corrected chi connectivity index (χ1v) is 8.05. The molecule has 0 unspecified atom stereocenters. The molecule has 1 aromatic carbocycles. The minimum Gasteiger partial charge on any atom is -0.493 e. The quantitative estimate of drug-likeness (QED) is 0.738. The van der Waals surface area contributed by atoms with Gasteiger partial charge in [0.2, 0.25) is 11.6 Å². The van der Waals surface area contributed by atoms with Gasteiger partial charge in [0.1, 0.15) is 11.6 Å². The summed E-state index contributed by atoms with van der Waals surface area (Å²) in [5.41, 5.74) is 1.41. The van der Waals surface area contributed by atoms with E-state index in [2.05, 4.69) is 25.4 Å². The molecule has 1 amide bonds. The molecule has 1 fully saturated rings. The average Bonchev–Trinajstić information content (AvgIpc) is 3.24. The number of hydrogen-bond donors (Lipinski definition) is 2. The molecule has 0 aliphatic carbocycles. The smallest absolute Gasteiger partial charge is 0.281 e. The minimum atomic E-state index is -0.380. The number of fused-ring (bicyclic) bond motifs is 1. The van der Waals surface area contributed by atoms with Gasteiger partial charge >= 0.3 is 0 Å². The Bertz CT molecular complexity index is 1010. The van der Waals surface area contributed by atoms with Gasteiger partial charge in [-0.3, -0.25) is 9.59 Å². The number of carbonyl (C=O) groups excluding carboxylic acids is 1. The van der Waals surface area contributed by atoms with Gasteiger partial charge in [-0.25, -0.2) is 4.98 Å². The highest BCUT2D eigenvalue weighted by Crippen LogP contribution is 2.33. The van der Waals surface area contributed by atoms with Crippen molar-refractivity contribution in [1.82, 2.24) is 25.4 Å². The second kappa shape index (κ2) is 6.00. The van der Waals surface area contributed by atoms with Gasteiger partial charge in [0.15, 0.2) is 5.52 Å². The van der Waals surface area contributed by atoms with Crippen LogP contribution in [0.4, 0.5) is 5.69 Å². The predicted molar refractivity (Wildman–Crippen MR) is 90.5 cm³/mol. The number of benzene rings is 1. The summed E-state index contributed by atoms with van der Waals surface area (Å²) in [5, 5.41) is 10.0. The number of H-pyrrole nitrogens is 2. The van der Waals surface area contributed by atoms with Crippen molar-refractivity contribution in [3.05, 3.63) is 28.6 Å². The molecule has 2 aromatic heterocycles. The van der Waals surface area contributed by atoms with Crippen molar-refractivity contribution in [2.45, 2.75) is 19.8 Å². The van der Waals surface area contributed by atoms with Crippen molar-refractivity contribution in [3.63, 3.8) is 0 Å². The van der Waals surface area contributed by atoms with Crippen LogP contribution in [0.15, 0.2) is 23.0 Å². The molecule has 3 heterocycles. The predicted octanol–water partition coefficient (Wildman–Crippen LogP) is 1.23. The first kappa shape index (κ1) is 15.3. The Labute approximate surface area is 142 Å². The van der Waals surface area contributed by atoms with E-state index in [0.717, 1.165) is 12.1 Å². The molecule has 3 aromatic rings. The Morgan fingerprint density at radius 2 is 2.16 bits per heavy atom. The van der Waals surface area contributed by atoms with E-state index in [1.54, 1.807) is 17.0 Å². The first-order chi connectivity index (χ1) is 12.2. The Hall–Kier alpha value is -3.23. The number of aromatic amines is 2. The Kier molecular flexibility index (Phi) is 3.68. The molecule has 128 valence electrons. The maximum atomic E-state index is 12.1. The van der Waals surface area contributed by atoms with Crippen LogP contribution in [0.5, 0.6) is 5.75 Å². The number of amides is 1. The third kappa shape index (κ3) is 2.63.